The molecule has 1 saturated heterocycles. The second-order valence-electron chi connectivity index (χ2n) is 5.69. The molecule has 19 heavy (non-hydrogen) atoms. The lowest BCUT2D eigenvalue weighted by atomic mass is 9.90. The molecule has 2 heterocycles. The third-order valence-electron chi connectivity index (χ3n) is 4.49. The van der Waals surface area contributed by atoms with Gasteiger partial charge < -0.3 is 5.32 Å². The van der Waals surface area contributed by atoms with E-state index in [4.69, 9.17) is 0 Å². The van der Waals surface area contributed by atoms with Gasteiger partial charge in [-0.25, -0.2) is 0 Å². The Hall–Kier alpha value is -0.870. The first kappa shape index (κ1) is 14.5. The highest BCUT2D eigenvalue weighted by atomic mass is 15.3. The Morgan fingerprint density at radius 2 is 2.21 bits per heavy atom. The van der Waals surface area contributed by atoms with Crippen LogP contribution in [0.15, 0.2) is 6.07 Å². The fourth-order valence-corrected chi connectivity index (χ4v) is 3.17. The van der Waals surface area contributed by atoms with Gasteiger partial charge in [0.1, 0.15) is 0 Å². The number of likely N-dealkylation sites (tertiary alicyclic amines) is 1. The van der Waals surface area contributed by atoms with Gasteiger partial charge in [0.15, 0.2) is 0 Å². The van der Waals surface area contributed by atoms with Crippen LogP contribution in [0.5, 0.6) is 0 Å². The maximum atomic E-state index is 4.54. The monoisotopic (exact) mass is 264 g/mol. The van der Waals surface area contributed by atoms with Crippen molar-refractivity contribution in [2.75, 3.05) is 20.1 Å². The molecule has 1 aliphatic rings. The summed E-state index contributed by atoms with van der Waals surface area (Å²) in [4.78, 5) is 2.58. The maximum Gasteiger partial charge on any atom is 0.0625 e. The molecule has 2 rings (SSSR count). The largest absolute Gasteiger partial charge is 0.317 e. The quantitative estimate of drug-likeness (QED) is 0.880. The molecule has 1 fully saturated rings. The van der Waals surface area contributed by atoms with E-state index in [9.17, 15) is 0 Å². The third-order valence-corrected chi connectivity index (χ3v) is 4.49. The highest BCUT2D eigenvalue weighted by Crippen LogP contribution is 2.21. The predicted molar refractivity (Wildman–Crippen MR) is 79.1 cm³/mol. The molecule has 0 aliphatic carbocycles. The summed E-state index contributed by atoms with van der Waals surface area (Å²) in [6.45, 7) is 7.90. The minimum Gasteiger partial charge on any atom is -0.317 e. The Morgan fingerprint density at radius 3 is 2.79 bits per heavy atom. The molecule has 4 heteroatoms. The molecule has 0 aromatic carbocycles. The molecule has 0 radical (unpaired) electrons. The van der Waals surface area contributed by atoms with E-state index in [1.165, 1.54) is 37.3 Å². The smallest absolute Gasteiger partial charge is 0.0625 e. The van der Waals surface area contributed by atoms with Crippen LogP contribution in [-0.4, -0.2) is 40.9 Å². The van der Waals surface area contributed by atoms with Crippen molar-refractivity contribution in [2.24, 2.45) is 13.0 Å². The molecule has 1 N–H and O–H groups in total. The first-order chi connectivity index (χ1) is 9.17. The summed E-state index contributed by atoms with van der Waals surface area (Å²) < 4.78 is 2.05. The van der Waals surface area contributed by atoms with E-state index < -0.39 is 0 Å². The van der Waals surface area contributed by atoms with Crippen LogP contribution in [0.3, 0.4) is 0 Å². The van der Waals surface area contributed by atoms with Crippen LogP contribution >= 0.6 is 0 Å². The van der Waals surface area contributed by atoms with E-state index in [0.717, 1.165) is 18.9 Å². The van der Waals surface area contributed by atoms with Crippen molar-refractivity contribution in [3.63, 3.8) is 0 Å². The summed E-state index contributed by atoms with van der Waals surface area (Å²) in [6.07, 6.45) is 3.54. The molecule has 1 aromatic rings. The first-order valence-corrected chi connectivity index (χ1v) is 7.59. The second-order valence-corrected chi connectivity index (χ2v) is 5.69. The average Bonchev–Trinajstić information content (AvgIpc) is 2.79. The van der Waals surface area contributed by atoms with Gasteiger partial charge in [-0.1, -0.05) is 20.3 Å². The van der Waals surface area contributed by atoms with Gasteiger partial charge in [-0.2, -0.15) is 5.10 Å². The molecule has 0 bridgehead atoms. The summed E-state index contributed by atoms with van der Waals surface area (Å²) in [5, 5.41) is 8.01. The standard InChI is InChI=1S/C15H28N4/c1-5-12-10-19(8-7-15(12)16-3)11-14-9-13(6-2)17-18(14)4/h9,12,15-16H,5-8,10-11H2,1-4H3. The molecular weight excluding hydrogens is 236 g/mol. The lowest BCUT2D eigenvalue weighted by Gasteiger charge is -2.38. The fraction of sp³-hybridized carbons (Fsp3) is 0.800. The van der Waals surface area contributed by atoms with Gasteiger partial charge in [-0.05, 0) is 31.9 Å². The lowest BCUT2D eigenvalue weighted by Crippen LogP contribution is -2.47. The number of rotatable bonds is 5. The molecule has 1 aromatic heterocycles. The number of hydrogen-bond donors (Lipinski definition) is 1. The van der Waals surface area contributed by atoms with Crippen LogP contribution in [0.25, 0.3) is 0 Å². The number of nitrogens with zero attached hydrogens (tertiary/aromatic N) is 3. The zero-order valence-corrected chi connectivity index (χ0v) is 12.8. The molecule has 108 valence electrons. The number of aryl methyl sites for hydroxylation is 2. The zero-order valence-electron chi connectivity index (χ0n) is 12.8. The molecule has 1 aliphatic heterocycles. The van der Waals surface area contributed by atoms with Gasteiger partial charge in [0.2, 0.25) is 0 Å². The van der Waals surface area contributed by atoms with E-state index in [-0.39, 0.29) is 0 Å². The van der Waals surface area contributed by atoms with Gasteiger partial charge in [0.05, 0.1) is 11.4 Å². The van der Waals surface area contributed by atoms with Crippen LogP contribution in [0.1, 0.15) is 38.1 Å². The summed E-state index contributed by atoms with van der Waals surface area (Å²) >= 11 is 0. The first-order valence-electron chi connectivity index (χ1n) is 7.59. The maximum absolute atomic E-state index is 4.54. The van der Waals surface area contributed by atoms with Gasteiger partial charge >= 0.3 is 0 Å². The minimum atomic E-state index is 0.694. The Balaban J connectivity index is 1.97. The van der Waals surface area contributed by atoms with E-state index >= 15 is 0 Å². The van der Waals surface area contributed by atoms with Crippen LogP contribution in [0.2, 0.25) is 0 Å². The molecule has 0 saturated carbocycles. The van der Waals surface area contributed by atoms with Crippen LogP contribution in [-0.2, 0) is 20.0 Å². The van der Waals surface area contributed by atoms with Crippen molar-refractivity contribution < 1.29 is 0 Å². The zero-order chi connectivity index (χ0) is 13.8. The summed E-state index contributed by atoms with van der Waals surface area (Å²) in [5.74, 6) is 0.776. The van der Waals surface area contributed by atoms with E-state index in [2.05, 4.69) is 49.3 Å². The predicted octanol–water partition coefficient (Wildman–Crippen LogP) is 1.80. The molecule has 2 unspecified atom stereocenters. The minimum absolute atomic E-state index is 0.694. The average molecular weight is 264 g/mol. The Morgan fingerprint density at radius 1 is 1.42 bits per heavy atom. The highest BCUT2D eigenvalue weighted by molar-refractivity contribution is 5.10. The van der Waals surface area contributed by atoms with E-state index in [1.807, 2.05) is 4.68 Å². The normalized spacial score (nSPS) is 24.8. The van der Waals surface area contributed by atoms with Gasteiger partial charge in [-0.15, -0.1) is 0 Å². The van der Waals surface area contributed by atoms with Crippen LogP contribution in [0, 0.1) is 5.92 Å². The Bertz CT molecular complexity index is 399. The van der Waals surface area contributed by atoms with Crippen molar-refractivity contribution >= 4 is 0 Å². The fourth-order valence-electron chi connectivity index (χ4n) is 3.17. The lowest BCUT2D eigenvalue weighted by molar-refractivity contribution is 0.130. The Kier molecular flexibility index (Phi) is 4.99. The van der Waals surface area contributed by atoms with Gasteiger partial charge in [0, 0.05) is 32.7 Å². The molecule has 2 atom stereocenters. The Labute approximate surface area is 117 Å². The van der Waals surface area contributed by atoms with Crippen molar-refractivity contribution in [3.05, 3.63) is 17.5 Å². The molecular formula is C15H28N4. The van der Waals surface area contributed by atoms with Crippen molar-refractivity contribution in [2.45, 2.75) is 45.7 Å². The summed E-state index contributed by atoms with van der Waals surface area (Å²) in [7, 11) is 4.16. The summed E-state index contributed by atoms with van der Waals surface area (Å²) in [5.41, 5.74) is 2.55. The highest BCUT2D eigenvalue weighted by Gasteiger charge is 2.27. The van der Waals surface area contributed by atoms with Crippen molar-refractivity contribution in [1.29, 1.82) is 0 Å². The number of piperidine rings is 1. The van der Waals surface area contributed by atoms with Crippen LogP contribution in [0.4, 0.5) is 0 Å². The second kappa shape index (κ2) is 6.53. The molecule has 0 amide bonds. The third kappa shape index (κ3) is 3.37. The van der Waals surface area contributed by atoms with E-state index in [0.29, 0.717) is 6.04 Å². The van der Waals surface area contributed by atoms with Crippen LogP contribution < -0.4 is 5.32 Å². The van der Waals surface area contributed by atoms with Gasteiger partial charge in [0.25, 0.3) is 0 Å². The number of nitrogens with one attached hydrogen (secondary N) is 1. The number of hydrogen-bond acceptors (Lipinski definition) is 3. The van der Waals surface area contributed by atoms with Gasteiger partial charge in [-0.3, -0.25) is 9.58 Å². The SMILES string of the molecule is CCc1cc(CN2CCC(NC)C(CC)C2)n(C)n1. The van der Waals surface area contributed by atoms with Crippen molar-refractivity contribution in [3.8, 4) is 0 Å². The number of aromatic nitrogens is 2. The summed E-state index contributed by atoms with van der Waals surface area (Å²) in [6, 6.07) is 2.95. The topological polar surface area (TPSA) is 33.1 Å². The van der Waals surface area contributed by atoms with E-state index in [1.54, 1.807) is 0 Å². The molecule has 0 spiro atoms. The molecule has 4 nitrogen and oxygen atoms in total. The van der Waals surface area contributed by atoms with Crippen molar-refractivity contribution in [1.82, 2.24) is 20.0 Å².